The highest BCUT2D eigenvalue weighted by Gasteiger charge is 2.29. The summed E-state index contributed by atoms with van der Waals surface area (Å²) >= 11 is 0. The molecule has 0 aliphatic carbocycles. The molecule has 1 N–H and O–H groups in total. The number of carbonyl (C=O) groups is 2. The molecule has 1 aliphatic rings. The van der Waals surface area contributed by atoms with E-state index in [0.29, 0.717) is 5.69 Å². The van der Waals surface area contributed by atoms with Crippen molar-refractivity contribution in [3.63, 3.8) is 0 Å². The van der Waals surface area contributed by atoms with E-state index in [9.17, 15) is 18.0 Å². The van der Waals surface area contributed by atoms with Gasteiger partial charge in [0.15, 0.2) is 15.6 Å². The van der Waals surface area contributed by atoms with Gasteiger partial charge in [0, 0.05) is 17.7 Å². The van der Waals surface area contributed by atoms with E-state index in [0.717, 1.165) is 0 Å². The summed E-state index contributed by atoms with van der Waals surface area (Å²) in [6.45, 7) is 5.20. The fraction of sp³-hybridized carbons (Fsp3) is 0.429. The van der Waals surface area contributed by atoms with Crippen LogP contribution in [0.15, 0.2) is 23.1 Å². The van der Waals surface area contributed by atoms with E-state index in [-0.39, 0.29) is 28.4 Å². The molecule has 0 fully saturated rings. The summed E-state index contributed by atoms with van der Waals surface area (Å²) in [5.41, 5.74) is -0.194. The third kappa shape index (κ3) is 3.60. The Morgan fingerprint density at radius 1 is 1.29 bits per heavy atom. The molecule has 1 heterocycles. The quantitative estimate of drug-likeness (QED) is 0.860. The zero-order valence-electron chi connectivity index (χ0n) is 12.1. The van der Waals surface area contributed by atoms with Gasteiger partial charge in [0.25, 0.3) is 0 Å². The molecule has 1 aromatic rings. The number of Topliss-reactive ketones (excluding diaryl/α,β-unsaturated/α-hetero) is 1. The number of nitrogens with one attached hydrogen (secondary N) is 1. The standard InChI is InChI=1S/C14H17NO5S/c1-14(2,3)20-13(17)15-9-4-5-12-10(8-9)11(16)6-7-21(12,18)19/h4-5,8H,6-7H2,1-3H3,(H,15,17). The van der Waals surface area contributed by atoms with Crippen molar-refractivity contribution in [1.29, 1.82) is 0 Å². The van der Waals surface area contributed by atoms with Gasteiger partial charge in [-0.2, -0.15) is 0 Å². The normalized spacial score (nSPS) is 17.0. The van der Waals surface area contributed by atoms with Crippen LogP contribution in [0.25, 0.3) is 0 Å². The van der Waals surface area contributed by atoms with E-state index in [2.05, 4.69) is 5.32 Å². The van der Waals surface area contributed by atoms with Crippen LogP contribution in [0, 0.1) is 0 Å². The number of ether oxygens (including phenoxy) is 1. The fourth-order valence-electron chi connectivity index (χ4n) is 1.99. The van der Waals surface area contributed by atoms with Gasteiger partial charge < -0.3 is 4.74 Å². The summed E-state index contributed by atoms with van der Waals surface area (Å²) in [4.78, 5) is 23.5. The number of carbonyl (C=O) groups excluding carboxylic acids is 2. The predicted octanol–water partition coefficient (Wildman–Crippen LogP) is 2.39. The van der Waals surface area contributed by atoms with Gasteiger partial charge in [-0.1, -0.05) is 0 Å². The zero-order chi connectivity index (χ0) is 15.8. The van der Waals surface area contributed by atoms with E-state index in [4.69, 9.17) is 4.74 Å². The summed E-state index contributed by atoms with van der Waals surface area (Å²) < 4.78 is 28.9. The Balaban J connectivity index is 2.27. The molecular formula is C14H17NO5S. The zero-order valence-corrected chi connectivity index (χ0v) is 12.9. The van der Waals surface area contributed by atoms with Crippen LogP contribution in [0.4, 0.5) is 10.5 Å². The minimum Gasteiger partial charge on any atom is -0.444 e. The molecule has 0 saturated heterocycles. The van der Waals surface area contributed by atoms with Crippen molar-refractivity contribution in [2.24, 2.45) is 0 Å². The van der Waals surface area contributed by atoms with Crippen molar-refractivity contribution in [3.8, 4) is 0 Å². The highest BCUT2D eigenvalue weighted by molar-refractivity contribution is 7.91. The minimum atomic E-state index is -3.41. The molecule has 6 nitrogen and oxygen atoms in total. The molecule has 1 aromatic carbocycles. The smallest absolute Gasteiger partial charge is 0.412 e. The van der Waals surface area contributed by atoms with Gasteiger partial charge >= 0.3 is 6.09 Å². The van der Waals surface area contributed by atoms with Gasteiger partial charge in [-0.25, -0.2) is 13.2 Å². The Kier molecular flexibility index (Phi) is 3.79. The number of fused-ring (bicyclic) bond motifs is 1. The number of anilines is 1. The lowest BCUT2D eigenvalue weighted by Crippen LogP contribution is -2.27. The van der Waals surface area contributed by atoms with Crippen molar-refractivity contribution in [1.82, 2.24) is 0 Å². The first kappa shape index (κ1) is 15.5. The maximum Gasteiger partial charge on any atom is 0.412 e. The van der Waals surface area contributed by atoms with Crippen LogP contribution in [0.2, 0.25) is 0 Å². The molecule has 0 bridgehead atoms. The number of hydrogen-bond acceptors (Lipinski definition) is 5. The second-order valence-electron chi connectivity index (χ2n) is 5.83. The maximum atomic E-state index is 11.9. The van der Waals surface area contributed by atoms with E-state index in [1.165, 1.54) is 18.2 Å². The van der Waals surface area contributed by atoms with Crippen LogP contribution < -0.4 is 5.32 Å². The molecule has 0 saturated carbocycles. The topological polar surface area (TPSA) is 89.5 Å². The number of rotatable bonds is 1. The number of sulfone groups is 1. The Morgan fingerprint density at radius 3 is 2.57 bits per heavy atom. The molecule has 2 rings (SSSR count). The molecule has 0 aromatic heterocycles. The average molecular weight is 311 g/mol. The number of hydrogen-bond donors (Lipinski definition) is 1. The molecule has 1 amide bonds. The maximum absolute atomic E-state index is 11.9. The predicted molar refractivity (Wildman–Crippen MR) is 77.3 cm³/mol. The lowest BCUT2D eigenvalue weighted by Gasteiger charge is -2.20. The van der Waals surface area contributed by atoms with Crippen molar-refractivity contribution in [2.75, 3.05) is 11.1 Å². The third-order valence-corrected chi connectivity index (χ3v) is 4.63. The van der Waals surface area contributed by atoms with Crippen molar-refractivity contribution >= 4 is 27.4 Å². The lowest BCUT2D eigenvalue weighted by atomic mass is 10.1. The Hall–Kier alpha value is -1.89. The SMILES string of the molecule is CC(C)(C)OC(=O)Nc1ccc2c(c1)C(=O)CCS2(=O)=O. The van der Waals surface area contributed by atoms with Crippen LogP contribution in [-0.2, 0) is 14.6 Å². The van der Waals surface area contributed by atoms with E-state index < -0.39 is 21.5 Å². The fourth-order valence-corrected chi connectivity index (χ4v) is 3.45. The Labute approximate surface area is 123 Å². The van der Waals surface area contributed by atoms with Crippen LogP contribution in [-0.4, -0.2) is 31.6 Å². The molecule has 1 aliphatic heterocycles. The second kappa shape index (κ2) is 5.14. The van der Waals surface area contributed by atoms with Gasteiger partial charge in [-0.05, 0) is 39.0 Å². The van der Waals surface area contributed by atoms with E-state index in [1.807, 2.05) is 0 Å². The molecule has 0 unspecified atom stereocenters. The van der Waals surface area contributed by atoms with E-state index >= 15 is 0 Å². The van der Waals surface area contributed by atoms with Gasteiger partial charge in [-0.3, -0.25) is 10.1 Å². The summed E-state index contributed by atoms with van der Waals surface area (Å²) in [5.74, 6) is -0.412. The Bertz CT molecular complexity index is 701. The van der Waals surface area contributed by atoms with E-state index in [1.54, 1.807) is 20.8 Å². The largest absolute Gasteiger partial charge is 0.444 e. The molecule has 0 spiro atoms. The summed E-state index contributed by atoms with van der Waals surface area (Å²) in [7, 11) is -3.41. The van der Waals surface area contributed by atoms with Crippen molar-refractivity contribution in [2.45, 2.75) is 37.7 Å². The third-order valence-electron chi connectivity index (χ3n) is 2.86. The van der Waals surface area contributed by atoms with Crippen LogP contribution in [0.3, 0.4) is 0 Å². The molecule has 7 heteroatoms. The first-order chi connectivity index (χ1) is 9.58. The van der Waals surface area contributed by atoms with Gasteiger partial charge in [0.05, 0.1) is 10.6 Å². The van der Waals surface area contributed by atoms with Gasteiger partial charge in [-0.15, -0.1) is 0 Å². The van der Waals surface area contributed by atoms with Crippen LogP contribution >= 0.6 is 0 Å². The highest BCUT2D eigenvalue weighted by atomic mass is 32.2. The molecular weight excluding hydrogens is 294 g/mol. The monoisotopic (exact) mass is 311 g/mol. The molecule has 114 valence electrons. The summed E-state index contributed by atoms with van der Waals surface area (Å²) in [6, 6.07) is 4.16. The first-order valence-electron chi connectivity index (χ1n) is 6.48. The van der Waals surface area contributed by atoms with Gasteiger partial charge in [0.2, 0.25) is 0 Å². The summed E-state index contributed by atoms with van der Waals surface area (Å²) in [6.07, 6.45) is -0.695. The molecule has 21 heavy (non-hydrogen) atoms. The Morgan fingerprint density at radius 2 is 1.95 bits per heavy atom. The van der Waals surface area contributed by atoms with Crippen LogP contribution in [0.5, 0.6) is 0 Å². The van der Waals surface area contributed by atoms with Crippen molar-refractivity contribution < 1.29 is 22.7 Å². The van der Waals surface area contributed by atoms with Crippen LogP contribution in [0.1, 0.15) is 37.6 Å². The number of amides is 1. The average Bonchev–Trinajstić information content (AvgIpc) is 2.32. The summed E-state index contributed by atoms with van der Waals surface area (Å²) in [5, 5.41) is 2.49. The number of ketones is 1. The highest BCUT2D eigenvalue weighted by Crippen LogP contribution is 2.27. The van der Waals surface area contributed by atoms with Crippen molar-refractivity contribution in [3.05, 3.63) is 23.8 Å². The number of benzene rings is 1. The minimum absolute atomic E-state index is 0.0217. The lowest BCUT2D eigenvalue weighted by molar-refractivity contribution is 0.0635. The molecule has 0 atom stereocenters. The second-order valence-corrected chi connectivity index (χ2v) is 7.91. The first-order valence-corrected chi connectivity index (χ1v) is 8.14. The molecule has 0 radical (unpaired) electrons. The van der Waals surface area contributed by atoms with Gasteiger partial charge in [0.1, 0.15) is 5.60 Å².